The van der Waals surface area contributed by atoms with Gasteiger partial charge in [-0.3, -0.25) is 4.79 Å². The molecule has 0 radical (unpaired) electrons. The summed E-state index contributed by atoms with van der Waals surface area (Å²) in [4.78, 5) is 14.4. The van der Waals surface area contributed by atoms with E-state index in [2.05, 4.69) is 19.1 Å². The Bertz CT molecular complexity index is 636. The minimum absolute atomic E-state index is 0.163. The maximum atomic E-state index is 12.4. The number of hydrogen-bond donors (Lipinski definition) is 0. The first kappa shape index (κ1) is 14.6. The average Bonchev–Trinajstić information content (AvgIpc) is 2.83. The Kier molecular flexibility index (Phi) is 4.14. The van der Waals surface area contributed by atoms with Crippen LogP contribution in [0.25, 0.3) is 0 Å². The van der Waals surface area contributed by atoms with Crippen molar-refractivity contribution in [3.05, 3.63) is 65.7 Å². The maximum absolute atomic E-state index is 12.4. The molecule has 0 saturated carbocycles. The highest BCUT2D eigenvalue weighted by molar-refractivity contribution is 5.79. The van der Waals surface area contributed by atoms with Crippen LogP contribution >= 0.6 is 0 Å². The highest BCUT2D eigenvalue weighted by Crippen LogP contribution is 2.38. The predicted molar refractivity (Wildman–Crippen MR) is 86.5 cm³/mol. The second-order valence-electron chi connectivity index (χ2n) is 5.91. The van der Waals surface area contributed by atoms with Gasteiger partial charge in [0, 0.05) is 13.0 Å². The van der Waals surface area contributed by atoms with Gasteiger partial charge in [0.25, 0.3) is 0 Å². The van der Waals surface area contributed by atoms with E-state index in [0.29, 0.717) is 18.9 Å². The van der Waals surface area contributed by atoms with Crippen molar-refractivity contribution >= 4 is 5.91 Å². The lowest BCUT2D eigenvalue weighted by molar-refractivity contribution is -0.129. The van der Waals surface area contributed by atoms with Crippen LogP contribution in [0.4, 0.5) is 0 Å². The molecule has 1 saturated heterocycles. The first-order valence-electron chi connectivity index (χ1n) is 7.66. The van der Waals surface area contributed by atoms with Gasteiger partial charge in [0.2, 0.25) is 5.91 Å². The molecule has 2 aromatic carbocycles. The van der Waals surface area contributed by atoms with Crippen molar-refractivity contribution in [2.75, 3.05) is 7.11 Å². The summed E-state index contributed by atoms with van der Waals surface area (Å²) in [6.07, 6.45) is 0.621. The lowest BCUT2D eigenvalue weighted by Gasteiger charge is -2.27. The van der Waals surface area contributed by atoms with Crippen molar-refractivity contribution in [2.24, 2.45) is 5.92 Å². The van der Waals surface area contributed by atoms with Crippen molar-refractivity contribution in [3.8, 4) is 5.75 Å². The molecule has 1 fully saturated rings. The zero-order chi connectivity index (χ0) is 15.5. The van der Waals surface area contributed by atoms with E-state index in [1.165, 1.54) is 5.56 Å². The highest BCUT2D eigenvalue weighted by atomic mass is 16.5. The molecule has 3 heteroatoms. The van der Waals surface area contributed by atoms with Gasteiger partial charge in [-0.1, -0.05) is 49.4 Å². The number of benzene rings is 2. The number of nitrogens with zero attached hydrogens (tertiary/aromatic N) is 1. The number of methoxy groups -OCH3 is 1. The molecule has 0 aliphatic carbocycles. The lowest BCUT2D eigenvalue weighted by atomic mass is 9.95. The molecule has 3 rings (SSSR count). The van der Waals surface area contributed by atoms with Gasteiger partial charge in [0.1, 0.15) is 5.75 Å². The Morgan fingerprint density at radius 2 is 1.77 bits per heavy atom. The highest BCUT2D eigenvalue weighted by Gasteiger charge is 2.37. The Hall–Kier alpha value is -2.29. The molecule has 2 atom stereocenters. The van der Waals surface area contributed by atoms with Gasteiger partial charge >= 0.3 is 0 Å². The number of hydrogen-bond acceptors (Lipinski definition) is 2. The van der Waals surface area contributed by atoms with Crippen LogP contribution in [-0.4, -0.2) is 17.9 Å². The molecule has 114 valence electrons. The van der Waals surface area contributed by atoms with Gasteiger partial charge in [-0.15, -0.1) is 0 Å². The smallest absolute Gasteiger partial charge is 0.223 e. The molecule has 3 nitrogen and oxygen atoms in total. The number of likely N-dealkylation sites (tertiary alicyclic amines) is 1. The standard InChI is InChI=1S/C19H21NO2/c1-14-12-18(21)20(19(14)16-6-4-3-5-7-16)13-15-8-10-17(22-2)11-9-15/h3-11,14,19H,12-13H2,1-2H3/t14-,19-/m1/s1. The van der Waals surface area contributed by atoms with Crippen molar-refractivity contribution in [3.63, 3.8) is 0 Å². The van der Waals surface area contributed by atoms with Crippen molar-refractivity contribution in [1.82, 2.24) is 4.90 Å². The monoisotopic (exact) mass is 295 g/mol. The Morgan fingerprint density at radius 1 is 1.09 bits per heavy atom. The number of ether oxygens (including phenoxy) is 1. The fourth-order valence-electron chi connectivity index (χ4n) is 3.24. The molecule has 1 aliphatic heterocycles. The van der Waals surface area contributed by atoms with Crippen LogP contribution in [0.1, 0.15) is 30.5 Å². The molecule has 0 spiro atoms. The van der Waals surface area contributed by atoms with Crippen LogP contribution in [0, 0.1) is 5.92 Å². The molecule has 1 heterocycles. The number of amides is 1. The van der Waals surface area contributed by atoms with Crippen LogP contribution in [0.15, 0.2) is 54.6 Å². The summed E-state index contributed by atoms with van der Waals surface area (Å²) < 4.78 is 5.19. The predicted octanol–water partition coefficient (Wildman–Crippen LogP) is 3.80. The van der Waals surface area contributed by atoms with E-state index in [1.54, 1.807) is 7.11 Å². The third kappa shape index (κ3) is 2.84. The summed E-state index contributed by atoms with van der Waals surface area (Å²) in [5.74, 6) is 1.41. The van der Waals surface area contributed by atoms with Crippen LogP contribution in [0.3, 0.4) is 0 Å². The van der Waals surface area contributed by atoms with Gasteiger partial charge in [-0.05, 0) is 29.2 Å². The largest absolute Gasteiger partial charge is 0.497 e. The van der Waals surface area contributed by atoms with Gasteiger partial charge in [0.05, 0.1) is 13.2 Å². The van der Waals surface area contributed by atoms with Crippen LogP contribution in [-0.2, 0) is 11.3 Å². The molecule has 1 aliphatic rings. The summed E-state index contributed by atoms with van der Waals surface area (Å²) in [6, 6.07) is 18.4. The molecule has 1 amide bonds. The van der Waals surface area contributed by atoms with Crippen molar-refractivity contribution in [2.45, 2.75) is 25.9 Å². The molecular formula is C19H21NO2. The summed E-state index contributed by atoms with van der Waals surface area (Å²) in [5.41, 5.74) is 2.35. The molecular weight excluding hydrogens is 274 g/mol. The molecule has 0 unspecified atom stereocenters. The minimum atomic E-state index is 0.163. The van der Waals surface area contributed by atoms with Gasteiger partial charge in [0.15, 0.2) is 0 Å². The molecule has 2 aromatic rings. The van der Waals surface area contributed by atoms with Crippen LogP contribution in [0.2, 0.25) is 0 Å². The maximum Gasteiger partial charge on any atom is 0.223 e. The van der Waals surface area contributed by atoms with E-state index in [-0.39, 0.29) is 11.9 Å². The molecule has 22 heavy (non-hydrogen) atoms. The van der Waals surface area contributed by atoms with E-state index in [1.807, 2.05) is 47.4 Å². The number of carbonyl (C=O) groups is 1. The summed E-state index contributed by atoms with van der Waals surface area (Å²) in [6.45, 7) is 2.80. The van der Waals surface area contributed by atoms with Crippen molar-refractivity contribution in [1.29, 1.82) is 0 Å². The van der Waals surface area contributed by atoms with Gasteiger partial charge in [-0.25, -0.2) is 0 Å². The number of carbonyl (C=O) groups excluding carboxylic acids is 1. The van der Waals surface area contributed by atoms with E-state index in [0.717, 1.165) is 11.3 Å². The fraction of sp³-hybridized carbons (Fsp3) is 0.316. The van der Waals surface area contributed by atoms with Crippen LogP contribution in [0.5, 0.6) is 5.75 Å². The molecule has 0 bridgehead atoms. The Morgan fingerprint density at radius 3 is 2.41 bits per heavy atom. The quantitative estimate of drug-likeness (QED) is 0.858. The second kappa shape index (κ2) is 6.22. The first-order valence-corrected chi connectivity index (χ1v) is 7.66. The number of rotatable bonds is 4. The Balaban J connectivity index is 1.84. The average molecular weight is 295 g/mol. The van der Waals surface area contributed by atoms with Gasteiger partial charge in [-0.2, -0.15) is 0 Å². The van der Waals surface area contributed by atoms with E-state index >= 15 is 0 Å². The van der Waals surface area contributed by atoms with E-state index in [4.69, 9.17) is 4.74 Å². The zero-order valence-corrected chi connectivity index (χ0v) is 13.0. The first-order chi connectivity index (χ1) is 10.7. The topological polar surface area (TPSA) is 29.5 Å². The fourth-order valence-corrected chi connectivity index (χ4v) is 3.24. The molecule has 0 N–H and O–H groups in total. The molecule has 0 aromatic heterocycles. The van der Waals surface area contributed by atoms with E-state index in [9.17, 15) is 4.79 Å². The van der Waals surface area contributed by atoms with Crippen molar-refractivity contribution < 1.29 is 9.53 Å². The third-order valence-corrected chi connectivity index (χ3v) is 4.34. The third-order valence-electron chi connectivity index (χ3n) is 4.34. The van der Waals surface area contributed by atoms with Gasteiger partial charge < -0.3 is 9.64 Å². The SMILES string of the molecule is COc1ccc(CN2C(=O)C[C@@H](C)[C@@H]2c2ccccc2)cc1. The normalized spacial score (nSPS) is 21.2. The zero-order valence-electron chi connectivity index (χ0n) is 13.0. The lowest BCUT2D eigenvalue weighted by Crippen LogP contribution is -2.28. The van der Waals surface area contributed by atoms with E-state index < -0.39 is 0 Å². The summed E-state index contributed by atoms with van der Waals surface area (Å²) in [7, 11) is 1.66. The Labute approximate surface area is 131 Å². The summed E-state index contributed by atoms with van der Waals surface area (Å²) >= 11 is 0. The minimum Gasteiger partial charge on any atom is -0.497 e. The van der Waals surface area contributed by atoms with Crippen LogP contribution < -0.4 is 4.74 Å². The summed E-state index contributed by atoms with van der Waals surface area (Å²) in [5, 5.41) is 0. The second-order valence-corrected chi connectivity index (χ2v) is 5.91.